The quantitative estimate of drug-likeness (QED) is 0.393. The third-order valence-corrected chi connectivity index (χ3v) is 3.96. The molecule has 0 saturated heterocycles. The number of aliphatic imine (C=N–C) groups is 1. The Bertz CT molecular complexity index is 495. The standard InChI is InChI=1S/C19H32N4O/c1-4-20-19(21-14-16-6-7-16)22-15-17-8-10-18(11-9-17)24-13-5-12-23(2)3/h8-11,16H,4-7,12-15H2,1-3H3,(H2,20,21,22). The first-order chi connectivity index (χ1) is 11.7. The fourth-order valence-electron chi connectivity index (χ4n) is 2.34. The summed E-state index contributed by atoms with van der Waals surface area (Å²) in [6, 6.07) is 8.25. The summed E-state index contributed by atoms with van der Waals surface area (Å²) in [6.45, 7) is 6.50. The van der Waals surface area contributed by atoms with E-state index in [1.807, 2.05) is 12.1 Å². The topological polar surface area (TPSA) is 48.9 Å². The van der Waals surface area contributed by atoms with Gasteiger partial charge in [-0.05, 0) is 63.9 Å². The van der Waals surface area contributed by atoms with Crippen molar-refractivity contribution in [2.45, 2.75) is 32.7 Å². The van der Waals surface area contributed by atoms with Gasteiger partial charge >= 0.3 is 0 Å². The highest BCUT2D eigenvalue weighted by Gasteiger charge is 2.20. The van der Waals surface area contributed by atoms with Crippen LogP contribution < -0.4 is 15.4 Å². The van der Waals surface area contributed by atoms with Gasteiger partial charge in [-0.25, -0.2) is 4.99 Å². The van der Waals surface area contributed by atoms with Gasteiger partial charge in [0.25, 0.3) is 0 Å². The molecule has 2 N–H and O–H groups in total. The summed E-state index contributed by atoms with van der Waals surface area (Å²) >= 11 is 0. The van der Waals surface area contributed by atoms with Crippen LogP contribution >= 0.6 is 0 Å². The molecular formula is C19H32N4O. The van der Waals surface area contributed by atoms with Crippen molar-refractivity contribution in [2.24, 2.45) is 10.9 Å². The lowest BCUT2D eigenvalue weighted by molar-refractivity contribution is 0.281. The number of hydrogen-bond acceptors (Lipinski definition) is 3. The zero-order valence-corrected chi connectivity index (χ0v) is 15.3. The van der Waals surface area contributed by atoms with Crippen LogP contribution in [-0.2, 0) is 6.54 Å². The molecule has 1 aliphatic rings. The van der Waals surface area contributed by atoms with Gasteiger partial charge in [0.1, 0.15) is 5.75 Å². The molecule has 0 atom stereocenters. The van der Waals surface area contributed by atoms with E-state index >= 15 is 0 Å². The third kappa shape index (κ3) is 7.68. The highest BCUT2D eigenvalue weighted by molar-refractivity contribution is 5.79. The number of rotatable bonds is 10. The van der Waals surface area contributed by atoms with Crippen molar-refractivity contribution in [3.05, 3.63) is 29.8 Å². The SMILES string of the molecule is CCNC(=NCc1ccc(OCCCN(C)C)cc1)NCC1CC1. The zero-order chi connectivity index (χ0) is 17.2. The van der Waals surface area contributed by atoms with Gasteiger partial charge in [0, 0.05) is 19.6 Å². The molecule has 134 valence electrons. The minimum absolute atomic E-state index is 0.681. The summed E-state index contributed by atoms with van der Waals surface area (Å²) in [6.07, 6.45) is 3.74. The first kappa shape index (κ1) is 18.6. The van der Waals surface area contributed by atoms with Crippen LogP contribution in [0.3, 0.4) is 0 Å². The molecule has 1 aliphatic carbocycles. The molecule has 2 rings (SSSR count). The van der Waals surface area contributed by atoms with E-state index in [0.717, 1.165) is 50.3 Å². The fourth-order valence-corrected chi connectivity index (χ4v) is 2.34. The molecule has 5 heteroatoms. The molecule has 0 unspecified atom stereocenters. The summed E-state index contributed by atoms with van der Waals surface area (Å²) in [5.41, 5.74) is 1.19. The molecule has 0 bridgehead atoms. The lowest BCUT2D eigenvalue weighted by Gasteiger charge is -2.11. The van der Waals surface area contributed by atoms with Crippen LogP contribution in [0.15, 0.2) is 29.3 Å². The summed E-state index contributed by atoms with van der Waals surface area (Å²) in [5.74, 6) is 2.69. The van der Waals surface area contributed by atoms with Crippen molar-refractivity contribution < 1.29 is 4.74 Å². The normalized spacial score (nSPS) is 14.8. The second-order valence-corrected chi connectivity index (χ2v) is 6.67. The molecule has 0 aromatic heterocycles. The molecule has 0 radical (unpaired) electrons. The molecule has 1 saturated carbocycles. The first-order valence-corrected chi connectivity index (χ1v) is 9.06. The summed E-state index contributed by atoms with van der Waals surface area (Å²) in [5, 5.41) is 6.72. The zero-order valence-electron chi connectivity index (χ0n) is 15.3. The van der Waals surface area contributed by atoms with Crippen molar-refractivity contribution in [1.82, 2.24) is 15.5 Å². The monoisotopic (exact) mass is 332 g/mol. The maximum Gasteiger partial charge on any atom is 0.191 e. The molecule has 5 nitrogen and oxygen atoms in total. The smallest absolute Gasteiger partial charge is 0.191 e. The van der Waals surface area contributed by atoms with E-state index in [1.165, 1.54) is 18.4 Å². The largest absolute Gasteiger partial charge is 0.494 e. The Labute approximate surface area is 146 Å². The lowest BCUT2D eigenvalue weighted by atomic mass is 10.2. The van der Waals surface area contributed by atoms with Gasteiger partial charge in [-0.15, -0.1) is 0 Å². The number of nitrogens with zero attached hydrogens (tertiary/aromatic N) is 2. The van der Waals surface area contributed by atoms with Crippen LogP contribution in [0.1, 0.15) is 31.7 Å². The van der Waals surface area contributed by atoms with E-state index in [2.05, 4.69) is 53.7 Å². The van der Waals surface area contributed by atoms with Gasteiger partial charge in [0.15, 0.2) is 5.96 Å². The lowest BCUT2D eigenvalue weighted by Crippen LogP contribution is -2.38. The maximum atomic E-state index is 5.76. The van der Waals surface area contributed by atoms with Crippen LogP contribution in [0, 0.1) is 5.92 Å². The minimum Gasteiger partial charge on any atom is -0.494 e. The minimum atomic E-state index is 0.681. The third-order valence-electron chi connectivity index (χ3n) is 3.96. The van der Waals surface area contributed by atoms with Crippen molar-refractivity contribution in [1.29, 1.82) is 0 Å². The molecule has 1 aromatic rings. The van der Waals surface area contributed by atoms with E-state index < -0.39 is 0 Å². The summed E-state index contributed by atoms with van der Waals surface area (Å²) in [4.78, 5) is 6.83. The molecule has 0 spiro atoms. The number of guanidine groups is 1. The van der Waals surface area contributed by atoms with Gasteiger partial charge in [-0.3, -0.25) is 0 Å². The van der Waals surface area contributed by atoms with Crippen LogP contribution in [0.5, 0.6) is 5.75 Å². The number of nitrogens with one attached hydrogen (secondary N) is 2. The average Bonchev–Trinajstić information content (AvgIpc) is 3.39. The second-order valence-electron chi connectivity index (χ2n) is 6.67. The van der Waals surface area contributed by atoms with Crippen molar-refractivity contribution in [3.63, 3.8) is 0 Å². The first-order valence-electron chi connectivity index (χ1n) is 9.06. The summed E-state index contributed by atoms with van der Waals surface area (Å²) in [7, 11) is 4.16. The highest BCUT2D eigenvalue weighted by atomic mass is 16.5. The van der Waals surface area contributed by atoms with E-state index in [4.69, 9.17) is 4.74 Å². The van der Waals surface area contributed by atoms with Crippen LogP contribution in [0.25, 0.3) is 0 Å². The Kier molecular flexibility index (Phi) is 7.89. The molecular weight excluding hydrogens is 300 g/mol. The molecule has 1 aromatic carbocycles. The van der Waals surface area contributed by atoms with Crippen LogP contribution in [0.4, 0.5) is 0 Å². The number of ether oxygens (including phenoxy) is 1. The number of hydrogen-bond donors (Lipinski definition) is 2. The van der Waals surface area contributed by atoms with Gasteiger partial charge in [-0.1, -0.05) is 12.1 Å². The predicted molar refractivity (Wildman–Crippen MR) is 101 cm³/mol. The Balaban J connectivity index is 1.75. The van der Waals surface area contributed by atoms with Crippen LogP contribution in [-0.4, -0.2) is 51.2 Å². The van der Waals surface area contributed by atoms with Crippen LogP contribution in [0.2, 0.25) is 0 Å². The highest BCUT2D eigenvalue weighted by Crippen LogP contribution is 2.27. The Morgan fingerprint density at radius 1 is 1.21 bits per heavy atom. The predicted octanol–water partition coefficient (Wildman–Crippen LogP) is 2.48. The van der Waals surface area contributed by atoms with Gasteiger partial charge in [0.2, 0.25) is 0 Å². The Morgan fingerprint density at radius 3 is 2.58 bits per heavy atom. The van der Waals surface area contributed by atoms with E-state index in [-0.39, 0.29) is 0 Å². The van der Waals surface area contributed by atoms with Gasteiger partial charge in [-0.2, -0.15) is 0 Å². The van der Waals surface area contributed by atoms with E-state index in [1.54, 1.807) is 0 Å². The molecule has 0 heterocycles. The van der Waals surface area contributed by atoms with Gasteiger partial charge < -0.3 is 20.3 Å². The van der Waals surface area contributed by atoms with E-state index in [9.17, 15) is 0 Å². The molecule has 0 aliphatic heterocycles. The fraction of sp³-hybridized carbons (Fsp3) is 0.632. The molecule has 0 amide bonds. The molecule has 1 fully saturated rings. The molecule has 24 heavy (non-hydrogen) atoms. The van der Waals surface area contributed by atoms with E-state index in [0.29, 0.717) is 6.54 Å². The van der Waals surface area contributed by atoms with Crippen molar-refractivity contribution in [3.8, 4) is 5.75 Å². The maximum absolute atomic E-state index is 5.76. The second kappa shape index (κ2) is 10.2. The van der Waals surface area contributed by atoms with Crippen molar-refractivity contribution >= 4 is 5.96 Å². The Hall–Kier alpha value is -1.75. The summed E-state index contributed by atoms with van der Waals surface area (Å²) < 4.78 is 5.76. The van der Waals surface area contributed by atoms with Crippen molar-refractivity contribution in [2.75, 3.05) is 40.3 Å². The van der Waals surface area contributed by atoms with Gasteiger partial charge in [0.05, 0.1) is 13.2 Å². The number of benzene rings is 1. The average molecular weight is 332 g/mol. The Morgan fingerprint density at radius 2 is 1.96 bits per heavy atom.